The van der Waals surface area contributed by atoms with Crippen molar-refractivity contribution in [2.75, 3.05) is 0 Å². The van der Waals surface area contributed by atoms with Crippen LogP contribution in [-0.2, 0) is 18.4 Å². The summed E-state index contributed by atoms with van der Waals surface area (Å²) in [5.41, 5.74) is 2.30. The van der Waals surface area contributed by atoms with Crippen LogP contribution in [0.25, 0.3) is 6.08 Å². The molecule has 49 heavy (non-hydrogen) atoms. The average Bonchev–Trinajstić information content (AvgIpc) is 3.34. The first-order valence-electron chi connectivity index (χ1n) is 18.0. The summed E-state index contributed by atoms with van der Waals surface area (Å²) in [5, 5.41) is 23.5. The maximum absolute atomic E-state index is 14.2. The number of nitrogens with zero attached hydrogens (tertiary/aromatic N) is 1. The smallest absolute Gasteiger partial charge is 0.305 e. The van der Waals surface area contributed by atoms with Crippen molar-refractivity contribution in [1.29, 1.82) is 0 Å². The summed E-state index contributed by atoms with van der Waals surface area (Å²) in [4.78, 5) is 30.7. The number of carboxylic acid groups (broad SMARTS) is 1. The molecule has 0 fully saturated rings. The van der Waals surface area contributed by atoms with Crippen LogP contribution in [0.4, 0.5) is 0 Å². The molecule has 1 rings (SSSR count). The lowest BCUT2D eigenvalue weighted by Gasteiger charge is -2.45. The Labute approximate surface area is 305 Å². The van der Waals surface area contributed by atoms with Gasteiger partial charge in [0.1, 0.15) is 5.78 Å². The molecule has 10 heteroatoms. The Morgan fingerprint density at radius 3 is 1.96 bits per heavy atom. The molecule has 2 N–H and O–H groups in total. The molecule has 0 saturated carbocycles. The van der Waals surface area contributed by atoms with Crippen molar-refractivity contribution >= 4 is 45.8 Å². The number of carbonyl (C=O) groups is 2. The summed E-state index contributed by atoms with van der Waals surface area (Å²) in [5.74, 6) is -1.09. The number of aryl methyl sites for hydroxylation is 1. The second-order valence-corrected chi connectivity index (χ2v) is 28.8. The molecule has 7 nitrogen and oxygen atoms in total. The lowest BCUT2D eigenvalue weighted by molar-refractivity contribution is -0.142. The number of ketones is 1. The SMILES string of the molecule is C/C(=C/C[C@H](O)/C(C)=C/c1csc(C)n1)CC[C@H](C)[C@H](O[Si](C)(C)C(C)(C)C)[C@@H](C)C(=O)CC(C)(C)[C@H](CC(=O)O)O[Si](C)(C)C(C)(C)C. The van der Waals surface area contributed by atoms with Crippen molar-refractivity contribution < 1.29 is 28.7 Å². The minimum absolute atomic E-state index is 0.0226. The Kier molecular flexibility index (Phi) is 16.6. The number of aliphatic hydroxyl groups is 1. The van der Waals surface area contributed by atoms with Gasteiger partial charge >= 0.3 is 5.97 Å². The van der Waals surface area contributed by atoms with E-state index in [0.29, 0.717) is 6.42 Å². The standard InChI is InChI=1S/C39H71NO6SSi2/c1-26(19-21-32(41)28(3)22-31-25-47-30(5)40-31)18-20-27(2)36(46-49(16,17)38(9,10)11)29(4)33(42)24-39(12,13)34(23-35(43)44)45-48(14,15)37(6,7)8/h19,22,25,27,29,32,34,36,41H,18,20-21,23-24H2,1-17H3,(H,43,44)/b26-19-,28-22+/t27-,29-,32-,34-,36-/m0/s1. The zero-order valence-corrected chi connectivity index (χ0v) is 36.9. The van der Waals surface area contributed by atoms with Gasteiger partial charge in [0.05, 0.1) is 35.4 Å². The quantitative estimate of drug-likeness (QED) is 0.108. The Balaban J connectivity index is 3.20. The maximum atomic E-state index is 14.2. The Bertz CT molecular complexity index is 1300. The van der Waals surface area contributed by atoms with Crippen LogP contribution in [0.5, 0.6) is 0 Å². The predicted molar refractivity (Wildman–Crippen MR) is 212 cm³/mol. The van der Waals surface area contributed by atoms with E-state index in [0.717, 1.165) is 29.1 Å². The minimum Gasteiger partial charge on any atom is -0.481 e. The third-order valence-electron chi connectivity index (χ3n) is 11.1. The van der Waals surface area contributed by atoms with Gasteiger partial charge in [0, 0.05) is 17.7 Å². The first kappa shape index (κ1) is 45.6. The second-order valence-electron chi connectivity index (χ2n) is 18.2. The number of carbonyl (C=O) groups excluding carboxylic acids is 1. The molecule has 0 aliphatic carbocycles. The molecule has 1 heterocycles. The second kappa shape index (κ2) is 17.9. The molecule has 0 amide bonds. The summed E-state index contributed by atoms with van der Waals surface area (Å²) in [6.07, 6.45) is 4.95. The minimum atomic E-state index is -2.29. The molecular formula is C39H71NO6SSi2. The van der Waals surface area contributed by atoms with E-state index < -0.39 is 40.2 Å². The van der Waals surface area contributed by atoms with Gasteiger partial charge < -0.3 is 19.1 Å². The van der Waals surface area contributed by atoms with Crippen molar-refractivity contribution in [2.45, 2.75) is 177 Å². The van der Waals surface area contributed by atoms with Gasteiger partial charge in [-0.3, -0.25) is 9.59 Å². The van der Waals surface area contributed by atoms with Crippen LogP contribution in [0.1, 0.15) is 126 Å². The summed E-state index contributed by atoms with van der Waals surface area (Å²) in [7, 11) is -4.53. The van der Waals surface area contributed by atoms with E-state index in [2.05, 4.69) is 92.6 Å². The molecule has 0 spiro atoms. The van der Waals surface area contributed by atoms with Crippen LogP contribution in [-0.4, -0.2) is 61.9 Å². The van der Waals surface area contributed by atoms with Crippen LogP contribution >= 0.6 is 11.3 Å². The average molecular weight is 738 g/mol. The third-order valence-corrected chi connectivity index (χ3v) is 20.9. The van der Waals surface area contributed by atoms with Crippen LogP contribution < -0.4 is 0 Å². The van der Waals surface area contributed by atoms with Gasteiger partial charge in [-0.1, -0.05) is 80.9 Å². The third kappa shape index (κ3) is 14.2. The van der Waals surface area contributed by atoms with E-state index in [-0.39, 0.29) is 46.6 Å². The van der Waals surface area contributed by atoms with Gasteiger partial charge in [0.15, 0.2) is 16.6 Å². The van der Waals surface area contributed by atoms with Gasteiger partial charge in [-0.25, -0.2) is 4.98 Å². The molecule has 1 aromatic rings. The van der Waals surface area contributed by atoms with Crippen LogP contribution in [0, 0.1) is 24.2 Å². The van der Waals surface area contributed by atoms with Crippen molar-refractivity contribution in [3.8, 4) is 0 Å². The van der Waals surface area contributed by atoms with E-state index in [1.807, 2.05) is 46.1 Å². The van der Waals surface area contributed by atoms with Crippen LogP contribution in [0.15, 0.2) is 22.6 Å². The fourth-order valence-corrected chi connectivity index (χ4v) is 8.81. The van der Waals surface area contributed by atoms with Gasteiger partial charge in [-0.05, 0) is 99.3 Å². The molecule has 1 aromatic heterocycles. The van der Waals surface area contributed by atoms with Gasteiger partial charge in [-0.2, -0.15) is 0 Å². The molecule has 0 aliphatic rings. The predicted octanol–water partition coefficient (Wildman–Crippen LogP) is 10.8. The maximum Gasteiger partial charge on any atom is 0.305 e. The van der Waals surface area contributed by atoms with Gasteiger partial charge in [-0.15, -0.1) is 11.3 Å². The van der Waals surface area contributed by atoms with E-state index in [9.17, 15) is 19.8 Å². The van der Waals surface area contributed by atoms with Crippen molar-refractivity contribution in [1.82, 2.24) is 4.98 Å². The van der Waals surface area contributed by atoms with Crippen molar-refractivity contribution in [3.63, 3.8) is 0 Å². The highest BCUT2D eigenvalue weighted by atomic mass is 32.1. The Hall–Kier alpha value is -1.44. The number of rotatable bonds is 19. The number of hydrogen-bond donors (Lipinski definition) is 2. The Morgan fingerprint density at radius 1 is 0.959 bits per heavy atom. The van der Waals surface area contributed by atoms with E-state index in [4.69, 9.17) is 8.85 Å². The van der Waals surface area contributed by atoms with E-state index in [1.54, 1.807) is 11.3 Å². The lowest BCUT2D eigenvalue weighted by Crippen LogP contribution is -2.50. The Morgan fingerprint density at radius 2 is 1.49 bits per heavy atom. The summed E-state index contributed by atoms with van der Waals surface area (Å²) in [6, 6.07) is 0. The molecule has 0 aromatic carbocycles. The van der Waals surface area contributed by atoms with E-state index in [1.165, 1.54) is 5.57 Å². The zero-order valence-electron chi connectivity index (χ0n) is 34.0. The highest BCUT2D eigenvalue weighted by Gasteiger charge is 2.46. The van der Waals surface area contributed by atoms with Crippen molar-refractivity contribution in [2.24, 2.45) is 17.3 Å². The number of carboxylic acids is 1. The monoisotopic (exact) mass is 737 g/mol. The fraction of sp³-hybridized carbons (Fsp3) is 0.769. The number of aliphatic carboxylic acids is 1. The molecular weight excluding hydrogens is 667 g/mol. The molecule has 0 radical (unpaired) electrons. The zero-order chi connectivity index (χ0) is 38.3. The number of thiazole rings is 1. The first-order valence-corrected chi connectivity index (χ1v) is 24.7. The summed E-state index contributed by atoms with van der Waals surface area (Å²) >= 11 is 1.60. The molecule has 0 aliphatic heterocycles. The molecule has 282 valence electrons. The van der Waals surface area contributed by atoms with Crippen LogP contribution in [0.3, 0.4) is 0 Å². The molecule has 0 saturated heterocycles. The number of allylic oxidation sites excluding steroid dienone is 1. The normalized spacial score (nSPS) is 17.4. The summed E-state index contributed by atoms with van der Waals surface area (Å²) in [6.45, 7) is 36.0. The van der Waals surface area contributed by atoms with Crippen molar-refractivity contribution in [3.05, 3.63) is 33.3 Å². The highest BCUT2D eigenvalue weighted by Crippen LogP contribution is 2.43. The van der Waals surface area contributed by atoms with Gasteiger partial charge in [0.2, 0.25) is 0 Å². The highest BCUT2D eigenvalue weighted by molar-refractivity contribution is 7.09. The number of Topliss-reactive ketones (excluding diaryl/α,β-unsaturated/α-hetero) is 1. The fourth-order valence-electron chi connectivity index (χ4n) is 5.30. The number of aliphatic hydroxyl groups excluding tert-OH is 1. The number of aromatic nitrogens is 1. The summed E-state index contributed by atoms with van der Waals surface area (Å²) < 4.78 is 13.8. The van der Waals surface area contributed by atoms with Crippen LogP contribution in [0.2, 0.25) is 36.3 Å². The van der Waals surface area contributed by atoms with E-state index >= 15 is 0 Å². The topological polar surface area (TPSA) is 106 Å². The largest absolute Gasteiger partial charge is 0.481 e. The lowest BCUT2D eigenvalue weighted by atomic mass is 9.76. The number of hydrogen-bond acceptors (Lipinski definition) is 7. The molecule has 0 unspecified atom stereocenters. The molecule has 5 atom stereocenters. The first-order chi connectivity index (χ1) is 22.0. The molecule has 0 bridgehead atoms. The van der Waals surface area contributed by atoms with Gasteiger partial charge in [0.25, 0.3) is 0 Å².